The third-order valence-electron chi connectivity index (χ3n) is 4.26. The average molecular weight is 373 g/mol. The molecule has 1 saturated heterocycles. The van der Waals surface area contributed by atoms with Crippen LogP contribution in [0, 0.1) is 17.2 Å². The van der Waals surface area contributed by atoms with Gasteiger partial charge in [0.05, 0.1) is 6.07 Å². The van der Waals surface area contributed by atoms with E-state index in [1.807, 2.05) is 51.1 Å². The Morgan fingerprint density at radius 1 is 1.30 bits per heavy atom. The van der Waals surface area contributed by atoms with Crippen LogP contribution in [0.15, 0.2) is 30.3 Å². The molecule has 0 aliphatic carbocycles. The Labute approximate surface area is 160 Å². The number of carbonyl (C=O) groups is 2. The molecule has 0 saturated carbocycles. The summed E-state index contributed by atoms with van der Waals surface area (Å²) >= 11 is 0. The highest BCUT2D eigenvalue weighted by Crippen LogP contribution is 2.22. The number of nitrogens with one attached hydrogen (secondary N) is 1. The van der Waals surface area contributed by atoms with Crippen LogP contribution in [0.1, 0.15) is 39.2 Å². The first-order chi connectivity index (χ1) is 12.8. The average Bonchev–Trinajstić information content (AvgIpc) is 2.61. The van der Waals surface area contributed by atoms with Gasteiger partial charge < -0.3 is 19.7 Å². The zero-order valence-corrected chi connectivity index (χ0v) is 16.1. The van der Waals surface area contributed by atoms with Crippen LogP contribution in [-0.2, 0) is 16.1 Å². The number of nitrogens with zero attached hydrogens (tertiary/aromatic N) is 2. The lowest BCUT2D eigenvalue weighted by atomic mass is 9.90. The van der Waals surface area contributed by atoms with Gasteiger partial charge in [-0.3, -0.25) is 0 Å². The first-order valence-electron chi connectivity index (χ1n) is 9.10. The smallest absolute Gasteiger partial charge is 0.410 e. The molecule has 27 heavy (non-hydrogen) atoms. The minimum atomic E-state index is -0.571. The van der Waals surface area contributed by atoms with E-state index in [1.165, 1.54) is 0 Å². The SMILES string of the molecule is CC(C)(C)OC(=O)N1CC[C@H](NC(=O)OCc2ccccc2)[C@@H](CC#N)C1. The topological polar surface area (TPSA) is 91.7 Å². The number of hydrogen-bond acceptors (Lipinski definition) is 5. The summed E-state index contributed by atoms with van der Waals surface area (Å²) in [5.74, 6) is -0.166. The summed E-state index contributed by atoms with van der Waals surface area (Å²) in [6, 6.07) is 11.3. The molecule has 2 atom stereocenters. The van der Waals surface area contributed by atoms with E-state index >= 15 is 0 Å². The van der Waals surface area contributed by atoms with Crippen molar-refractivity contribution in [2.45, 2.75) is 51.9 Å². The molecule has 2 rings (SSSR count). The van der Waals surface area contributed by atoms with E-state index < -0.39 is 17.8 Å². The zero-order valence-electron chi connectivity index (χ0n) is 16.1. The Morgan fingerprint density at radius 3 is 2.63 bits per heavy atom. The van der Waals surface area contributed by atoms with E-state index in [4.69, 9.17) is 14.7 Å². The first-order valence-corrected chi connectivity index (χ1v) is 9.10. The van der Waals surface area contributed by atoms with Crippen molar-refractivity contribution in [2.24, 2.45) is 5.92 Å². The summed E-state index contributed by atoms with van der Waals surface area (Å²) in [5.41, 5.74) is 0.332. The lowest BCUT2D eigenvalue weighted by Gasteiger charge is -2.38. The van der Waals surface area contributed by atoms with Crippen molar-refractivity contribution >= 4 is 12.2 Å². The Kier molecular flexibility index (Phi) is 7.05. The fourth-order valence-corrected chi connectivity index (χ4v) is 2.95. The molecule has 0 bridgehead atoms. The molecule has 1 fully saturated rings. The van der Waals surface area contributed by atoms with Gasteiger partial charge in [0.25, 0.3) is 0 Å². The molecule has 146 valence electrons. The predicted octanol–water partition coefficient (Wildman–Crippen LogP) is 3.45. The Morgan fingerprint density at radius 2 is 2.00 bits per heavy atom. The van der Waals surface area contributed by atoms with Crippen molar-refractivity contribution in [2.75, 3.05) is 13.1 Å². The lowest BCUT2D eigenvalue weighted by Crippen LogP contribution is -2.53. The van der Waals surface area contributed by atoms with Gasteiger partial charge in [-0.15, -0.1) is 0 Å². The molecule has 0 aromatic heterocycles. The Bertz CT molecular complexity index is 679. The van der Waals surface area contributed by atoms with Gasteiger partial charge in [-0.2, -0.15) is 5.26 Å². The molecular formula is C20H27N3O4. The van der Waals surface area contributed by atoms with Gasteiger partial charge in [0.2, 0.25) is 0 Å². The molecule has 1 heterocycles. The van der Waals surface area contributed by atoms with Gasteiger partial charge >= 0.3 is 12.2 Å². The number of likely N-dealkylation sites (tertiary alicyclic amines) is 1. The first kappa shape index (κ1) is 20.6. The molecule has 1 aromatic carbocycles. The highest BCUT2D eigenvalue weighted by molar-refractivity contribution is 5.69. The maximum absolute atomic E-state index is 12.3. The van der Waals surface area contributed by atoms with Crippen molar-refractivity contribution in [1.29, 1.82) is 5.26 Å². The second-order valence-electron chi connectivity index (χ2n) is 7.65. The number of benzene rings is 1. The van der Waals surface area contributed by atoms with E-state index in [9.17, 15) is 9.59 Å². The maximum Gasteiger partial charge on any atom is 0.410 e. The minimum absolute atomic E-state index is 0.166. The molecule has 1 aromatic rings. The molecule has 0 spiro atoms. The maximum atomic E-state index is 12.3. The van der Waals surface area contributed by atoms with E-state index in [0.29, 0.717) is 19.5 Å². The number of hydrogen-bond donors (Lipinski definition) is 1. The van der Waals surface area contributed by atoms with Crippen LogP contribution in [0.4, 0.5) is 9.59 Å². The van der Waals surface area contributed by atoms with Crippen molar-refractivity contribution < 1.29 is 19.1 Å². The lowest BCUT2D eigenvalue weighted by molar-refractivity contribution is 0.0134. The molecule has 1 aliphatic rings. The quantitative estimate of drug-likeness (QED) is 0.873. The molecule has 2 amide bonds. The molecule has 7 nitrogen and oxygen atoms in total. The molecule has 1 N–H and O–H groups in total. The zero-order chi connectivity index (χ0) is 19.9. The van der Waals surface area contributed by atoms with E-state index in [-0.39, 0.29) is 25.0 Å². The summed E-state index contributed by atoms with van der Waals surface area (Å²) in [5, 5.41) is 11.9. The Balaban J connectivity index is 1.88. The summed E-state index contributed by atoms with van der Waals surface area (Å²) in [4.78, 5) is 26.0. The van der Waals surface area contributed by atoms with Crippen molar-refractivity contribution in [3.63, 3.8) is 0 Å². The van der Waals surface area contributed by atoms with Gasteiger partial charge in [-0.1, -0.05) is 30.3 Å². The van der Waals surface area contributed by atoms with Gasteiger partial charge in [0.15, 0.2) is 0 Å². The van der Waals surface area contributed by atoms with Crippen LogP contribution in [0.3, 0.4) is 0 Å². The van der Waals surface area contributed by atoms with E-state index in [2.05, 4.69) is 11.4 Å². The van der Waals surface area contributed by atoms with Crippen LogP contribution in [0.2, 0.25) is 0 Å². The van der Waals surface area contributed by atoms with Gasteiger partial charge in [-0.05, 0) is 32.8 Å². The van der Waals surface area contributed by atoms with Gasteiger partial charge in [0.1, 0.15) is 12.2 Å². The van der Waals surface area contributed by atoms with Gasteiger partial charge in [0, 0.05) is 31.5 Å². The number of alkyl carbamates (subject to hydrolysis) is 1. The number of amides is 2. The third-order valence-corrected chi connectivity index (χ3v) is 4.26. The Hall–Kier alpha value is -2.75. The van der Waals surface area contributed by atoms with Gasteiger partial charge in [-0.25, -0.2) is 9.59 Å². The molecule has 0 unspecified atom stereocenters. The van der Waals surface area contributed by atoms with Crippen molar-refractivity contribution in [1.82, 2.24) is 10.2 Å². The van der Waals surface area contributed by atoms with Crippen LogP contribution in [0.5, 0.6) is 0 Å². The fourth-order valence-electron chi connectivity index (χ4n) is 2.95. The fraction of sp³-hybridized carbons (Fsp3) is 0.550. The van der Waals surface area contributed by atoms with E-state index in [0.717, 1.165) is 5.56 Å². The second kappa shape index (κ2) is 9.26. The number of piperidine rings is 1. The highest BCUT2D eigenvalue weighted by atomic mass is 16.6. The largest absolute Gasteiger partial charge is 0.445 e. The van der Waals surface area contributed by atoms with Crippen LogP contribution < -0.4 is 5.32 Å². The van der Waals surface area contributed by atoms with Crippen molar-refractivity contribution in [3.8, 4) is 6.07 Å². The highest BCUT2D eigenvalue weighted by Gasteiger charge is 2.34. The molecular weight excluding hydrogens is 346 g/mol. The summed E-state index contributed by atoms with van der Waals surface area (Å²) in [7, 11) is 0. The standard InChI is InChI=1S/C20H27N3O4/c1-20(2,3)27-19(25)23-12-10-17(16(13-23)9-11-21)22-18(24)26-14-15-7-5-4-6-8-15/h4-8,16-17H,9-10,12-14H2,1-3H3,(H,22,24)/t16-,17-/m0/s1. The number of rotatable bonds is 4. The molecule has 0 radical (unpaired) electrons. The number of ether oxygens (including phenoxy) is 2. The normalized spacial score (nSPS) is 19.7. The second-order valence-corrected chi connectivity index (χ2v) is 7.65. The summed E-state index contributed by atoms with van der Waals surface area (Å²) in [6.45, 7) is 6.46. The summed E-state index contributed by atoms with van der Waals surface area (Å²) < 4.78 is 10.7. The monoisotopic (exact) mass is 373 g/mol. The van der Waals surface area contributed by atoms with Crippen LogP contribution >= 0.6 is 0 Å². The third kappa shape index (κ3) is 6.81. The molecule has 1 aliphatic heterocycles. The number of nitriles is 1. The summed E-state index contributed by atoms with van der Waals surface area (Å²) in [6.07, 6.45) is -0.123. The predicted molar refractivity (Wildman–Crippen MR) is 99.7 cm³/mol. The van der Waals surface area contributed by atoms with E-state index in [1.54, 1.807) is 4.90 Å². The molecule has 7 heteroatoms. The van der Waals surface area contributed by atoms with Crippen molar-refractivity contribution in [3.05, 3.63) is 35.9 Å². The van der Waals surface area contributed by atoms with Crippen LogP contribution in [0.25, 0.3) is 0 Å². The number of carbonyl (C=O) groups excluding carboxylic acids is 2. The van der Waals surface area contributed by atoms with Crippen LogP contribution in [-0.4, -0.2) is 41.8 Å². The minimum Gasteiger partial charge on any atom is -0.445 e.